The summed E-state index contributed by atoms with van der Waals surface area (Å²) in [5.74, 6) is 0. The van der Waals surface area contributed by atoms with E-state index in [1.54, 1.807) is 0 Å². The van der Waals surface area contributed by atoms with Gasteiger partial charge in [-0.1, -0.05) is 44.2 Å². The normalized spacial score (nSPS) is 14.9. The number of hydrogen-bond acceptors (Lipinski definition) is 2. The molecule has 0 saturated carbocycles. The van der Waals surface area contributed by atoms with Crippen LogP contribution in [0.25, 0.3) is 0 Å². The molecule has 15 heavy (non-hydrogen) atoms. The van der Waals surface area contributed by atoms with E-state index in [-0.39, 0.29) is 6.10 Å². The van der Waals surface area contributed by atoms with Crippen molar-refractivity contribution >= 4 is 0 Å². The van der Waals surface area contributed by atoms with Crippen LogP contribution < -0.4 is 5.32 Å². The van der Waals surface area contributed by atoms with Crippen LogP contribution in [0, 0.1) is 0 Å². The van der Waals surface area contributed by atoms with Crippen LogP contribution in [0.5, 0.6) is 0 Å². The second-order valence-electron chi connectivity index (χ2n) is 3.83. The molecule has 2 nitrogen and oxygen atoms in total. The van der Waals surface area contributed by atoms with Crippen molar-refractivity contribution in [1.29, 1.82) is 0 Å². The predicted molar refractivity (Wildman–Crippen MR) is 63.8 cm³/mol. The molecule has 0 aliphatic rings. The largest absolute Gasteiger partial charge is 0.388 e. The maximum Gasteiger partial charge on any atom is 0.0804 e. The van der Waals surface area contributed by atoms with Crippen molar-refractivity contribution in [3.05, 3.63) is 35.9 Å². The van der Waals surface area contributed by atoms with Gasteiger partial charge in [0.15, 0.2) is 0 Å². The molecule has 2 heteroatoms. The SMILES string of the molecule is CCNC(CC)CC(O)c1ccccc1. The summed E-state index contributed by atoms with van der Waals surface area (Å²) in [4.78, 5) is 0. The van der Waals surface area contributed by atoms with E-state index >= 15 is 0 Å². The molecule has 0 spiro atoms. The smallest absolute Gasteiger partial charge is 0.0804 e. The summed E-state index contributed by atoms with van der Waals surface area (Å²) in [5, 5.41) is 13.4. The van der Waals surface area contributed by atoms with E-state index in [1.807, 2.05) is 30.3 Å². The summed E-state index contributed by atoms with van der Waals surface area (Å²) in [5.41, 5.74) is 1.01. The van der Waals surface area contributed by atoms with Gasteiger partial charge in [-0.2, -0.15) is 0 Å². The van der Waals surface area contributed by atoms with Crippen LogP contribution in [-0.4, -0.2) is 17.7 Å². The lowest BCUT2D eigenvalue weighted by atomic mass is 10.0. The van der Waals surface area contributed by atoms with Gasteiger partial charge in [0.2, 0.25) is 0 Å². The Kier molecular flexibility index (Phi) is 5.37. The van der Waals surface area contributed by atoms with Crippen molar-refractivity contribution in [1.82, 2.24) is 5.32 Å². The summed E-state index contributed by atoms with van der Waals surface area (Å²) < 4.78 is 0. The highest BCUT2D eigenvalue weighted by Gasteiger charge is 2.13. The molecule has 2 unspecified atom stereocenters. The Bertz CT molecular complexity index is 260. The Labute approximate surface area is 92.3 Å². The monoisotopic (exact) mass is 207 g/mol. The summed E-state index contributed by atoms with van der Waals surface area (Å²) in [6, 6.07) is 10.3. The molecule has 0 saturated heterocycles. The number of hydrogen-bond donors (Lipinski definition) is 2. The van der Waals surface area contributed by atoms with Crippen LogP contribution in [0.3, 0.4) is 0 Å². The molecule has 2 atom stereocenters. The Morgan fingerprint density at radius 3 is 2.40 bits per heavy atom. The van der Waals surface area contributed by atoms with Crippen LogP contribution in [-0.2, 0) is 0 Å². The minimum Gasteiger partial charge on any atom is -0.388 e. The predicted octanol–water partition coefficient (Wildman–Crippen LogP) is 2.50. The molecule has 1 rings (SSSR count). The summed E-state index contributed by atoms with van der Waals surface area (Å²) in [6.07, 6.45) is 1.49. The van der Waals surface area contributed by atoms with Gasteiger partial charge in [0.1, 0.15) is 0 Å². The van der Waals surface area contributed by atoms with E-state index in [2.05, 4.69) is 19.2 Å². The summed E-state index contributed by atoms with van der Waals surface area (Å²) in [6.45, 7) is 5.20. The van der Waals surface area contributed by atoms with Crippen molar-refractivity contribution in [3.8, 4) is 0 Å². The van der Waals surface area contributed by atoms with E-state index in [9.17, 15) is 5.11 Å². The summed E-state index contributed by atoms with van der Waals surface area (Å²) >= 11 is 0. The van der Waals surface area contributed by atoms with Crippen LogP contribution in [0.1, 0.15) is 38.4 Å². The lowest BCUT2D eigenvalue weighted by molar-refractivity contribution is 0.150. The highest BCUT2D eigenvalue weighted by Crippen LogP contribution is 2.18. The maximum atomic E-state index is 10.0. The molecular formula is C13H21NO. The molecule has 1 aromatic carbocycles. The van der Waals surface area contributed by atoms with Crippen LogP contribution >= 0.6 is 0 Å². The molecule has 0 amide bonds. The first-order chi connectivity index (χ1) is 7.27. The zero-order chi connectivity index (χ0) is 11.1. The van der Waals surface area contributed by atoms with Gasteiger partial charge in [-0.25, -0.2) is 0 Å². The van der Waals surface area contributed by atoms with Gasteiger partial charge in [-0.15, -0.1) is 0 Å². The summed E-state index contributed by atoms with van der Waals surface area (Å²) in [7, 11) is 0. The molecule has 0 fully saturated rings. The van der Waals surface area contributed by atoms with Crippen LogP contribution in [0.2, 0.25) is 0 Å². The number of benzene rings is 1. The number of rotatable bonds is 6. The van der Waals surface area contributed by atoms with Gasteiger partial charge in [0, 0.05) is 6.04 Å². The Morgan fingerprint density at radius 1 is 1.20 bits per heavy atom. The van der Waals surface area contributed by atoms with Gasteiger partial charge >= 0.3 is 0 Å². The second-order valence-corrected chi connectivity index (χ2v) is 3.83. The Balaban J connectivity index is 2.50. The molecule has 0 aromatic heterocycles. The first-order valence-electron chi connectivity index (χ1n) is 5.74. The molecule has 0 heterocycles. The lowest BCUT2D eigenvalue weighted by Crippen LogP contribution is -2.29. The van der Waals surface area contributed by atoms with Gasteiger partial charge in [-0.3, -0.25) is 0 Å². The molecule has 0 aliphatic carbocycles. The fraction of sp³-hybridized carbons (Fsp3) is 0.538. The van der Waals surface area contributed by atoms with Crippen molar-refractivity contribution in [2.24, 2.45) is 0 Å². The average molecular weight is 207 g/mol. The highest BCUT2D eigenvalue weighted by atomic mass is 16.3. The molecule has 0 aliphatic heterocycles. The van der Waals surface area contributed by atoms with Crippen LogP contribution in [0.15, 0.2) is 30.3 Å². The third-order valence-electron chi connectivity index (χ3n) is 2.68. The molecule has 0 radical (unpaired) electrons. The van der Waals surface area contributed by atoms with Crippen molar-refractivity contribution in [2.45, 2.75) is 38.8 Å². The zero-order valence-corrected chi connectivity index (χ0v) is 9.61. The maximum absolute atomic E-state index is 10.0. The zero-order valence-electron chi connectivity index (χ0n) is 9.61. The number of aliphatic hydroxyl groups is 1. The molecule has 0 bridgehead atoms. The van der Waals surface area contributed by atoms with Crippen molar-refractivity contribution < 1.29 is 5.11 Å². The van der Waals surface area contributed by atoms with Crippen molar-refractivity contribution in [2.75, 3.05) is 6.54 Å². The van der Waals surface area contributed by atoms with Gasteiger partial charge < -0.3 is 10.4 Å². The van der Waals surface area contributed by atoms with Gasteiger partial charge in [-0.05, 0) is 24.9 Å². The third-order valence-corrected chi connectivity index (χ3v) is 2.68. The quantitative estimate of drug-likeness (QED) is 0.751. The van der Waals surface area contributed by atoms with E-state index in [4.69, 9.17) is 0 Å². The molecule has 2 N–H and O–H groups in total. The van der Waals surface area contributed by atoms with Gasteiger partial charge in [0.05, 0.1) is 6.10 Å². The Morgan fingerprint density at radius 2 is 1.87 bits per heavy atom. The minimum atomic E-state index is -0.352. The first kappa shape index (κ1) is 12.2. The molecular weight excluding hydrogens is 186 g/mol. The first-order valence-corrected chi connectivity index (χ1v) is 5.74. The van der Waals surface area contributed by atoms with Crippen LogP contribution in [0.4, 0.5) is 0 Å². The van der Waals surface area contributed by atoms with E-state index in [0.29, 0.717) is 6.04 Å². The second kappa shape index (κ2) is 6.59. The fourth-order valence-electron chi connectivity index (χ4n) is 1.76. The third kappa shape index (κ3) is 4.02. The number of nitrogens with one attached hydrogen (secondary N) is 1. The van der Waals surface area contributed by atoms with E-state index in [1.165, 1.54) is 0 Å². The average Bonchev–Trinajstić information content (AvgIpc) is 2.29. The minimum absolute atomic E-state index is 0.352. The van der Waals surface area contributed by atoms with E-state index < -0.39 is 0 Å². The Hall–Kier alpha value is -0.860. The standard InChI is InChI=1S/C13H21NO/c1-3-12(14-4-2)10-13(15)11-8-6-5-7-9-11/h5-9,12-15H,3-4,10H2,1-2H3. The fourth-order valence-corrected chi connectivity index (χ4v) is 1.76. The van der Waals surface area contributed by atoms with Crippen molar-refractivity contribution in [3.63, 3.8) is 0 Å². The highest BCUT2D eigenvalue weighted by molar-refractivity contribution is 5.17. The van der Waals surface area contributed by atoms with Gasteiger partial charge in [0.25, 0.3) is 0 Å². The lowest BCUT2D eigenvalue weighted by Gasteiger charge is -2.19. The molecule has 1 aromatic rings. The topological polar surface area (TPSA) is 32.3 Å². The number of aliphatic hydroxyl groups excluding tert-OH is 1. The van der Waals surface area contributed by atoms with E-state index in [0.717, 1.165) is 24.9 Å². The molecule has 84 valence electrons.